The lowest BCUT2D eigenvalue weighted by Gasteiger charge is -2.24. The summed E-state index contributed by atoms with van der Waals surface area (Å²) in [6, 6.07) is 7.67. The van der Waals surface area contributed by atoms with Crippen LogP contribution in [0.3, 0.4) is 0 Å². The molecule has 1 aliphatic rings. The van der Waals surface area contributed by atoms with E-state index in [2.05, 4.69) is 10.2 Å². The molecular weight excluding hydrogens is 268 g/mol. The second-order valence-corrected chi connectivity index (χ2v) is 5.57. The maximum Gasteiger partial charge on any atom is 0.328 e. The molecule has 1 saturated heterocycles. The molecule has 0 aliphatic carbocycles. The molecule has 5 heteroatoms. The normalized spacial score (nSPS) is 21.7. The van der Waals surface area contributed by atoms with E-state index in [1.54, 1.807) is 13.1 Å². The summed E-state index contributed by atoms with van der Waals surface area (Å²) in [4.78, 5) is 24.6. The van der Waals surface area contributed by atoms with Gasteiger partial charge in [0.25, 0.3) is 0 Å². The lowest BCUT2D eigenvalue weighted by molar-refractivity contribution is -0.131. The summed E-state index contributed by atoms with van der Waals surface area (Å²) in [7, 11) is 1.67. The maximum absolute atomic E-state index is 11.9. The summed E-state index contributed by atoms with van der Waals surface area (Å²) in [6.45, 7) is 3.51. The first-order valence-corrected chi connectivity index (χ1v) is 6.93. The molecule has 112 valence electrons. The number of carbonyl (C=O) groups is 2. The first-order chi connectivity index (χ1) is 9.94. The minimum atomic E-state index is -0.958. The summed E-state index contributed by atoms with van der Waals surface area (Å²) in [5.41, 5.74) is 1.54. The van der Waals surface area contributed by atoms with Crippen LogP contribution in [0.1, 0.15) is 18.9 Å². The molecule has 21 heavy (non-hydrogen) atoms. The Morgan fingerprint density at radius 1 is 1.33 bits per heavy atom. The highest BCUT2D eigenvalue weighted by Crippen LogP contribution is 2.33. The molecule has 1 atom stereocenters. The summed E-state index contributed by atoms with van der Waals surface area (Å²) >= 11 is 0. The highest BCUT2D eigenvalue weighted by molar-refractivity contribution is 5.85. The molecule has 1 fully saturated rings. The van der Waals surface area contributed by atoms with Crippen LogP contribution < -0.4 is 10.2 Å². The van der Waals surface area contributed by atoms with Crippen molar-refractivity contribution in [2.75, 3.05) is 25.0 Å². The van der Waals surface area contributed by atoms with E-state index in [0.29, 0.717) is 6.54 Å². The molecule has 0 saturated carbocycles. The molecule has 5 nitrogen and oxygen atoms in total. The fourth-order valence-corrected chi connectivity index (χ4v) is 2.63. The molecule has 1 amide bonds. The van der Waals surface area contributed by atoms with E-state index in [1.165, 1.54) is 0 Å². The van der Waals surface area contributed by atoms with Gasteiger partial charge in [0.05, 0.1) is 5.41 Å². The van der Waals surface area contributed by atoms with Gasteiger partial charge in [0.15, 0.2) is 0 Å². The van der Waals surface area contributed by atoms with E-state index >= 15 is 0 Å². The number of amides is 1. The number of hydrogen-bond acceptors (Lipinski definition) is 3. The van der Waals surface area contributed by atoms with Crippen LogP contribution in [0, 0.1) is 5.41 Å². The van der Waals surface area contributed by atoms with Crippen molar-refractivity contribution in [2.24, 2.45) is 5.41 Å². The Balaban J connectivity index is 2.07. The summed E-state index contributed by atoms with van der Waals surface area (Å²) < 4.78 is 0. The number of anilines is 1. The van der Waals surface area contributed by atoms with E-state index in [0.717, 1.165) is 30.3 Å². The first-order valence-electron chi connectivity index (χ1n) is 6.93. The molecule has 0 radical (unpaired) electrons. The fraction of sp³-hybridized carbons (Fsp3) is 0.375. The van der Waals surface area contributed by atoms with Crippen molar-refractivity contribution in [3.05, 3.63) is 35.9 Å². The van der Waals surface area contributed by atoms with Crippen LogP contribution in [-0.2, 0) is 9.59 Å². The molecule has 0 aromatic heterocycles. The second-order valence-electron chi connectivity index (χ2n) is 5.57. The quantitative estimate of drug-likeness (QED) is 0.828. The minimum absolute atomic E-state index is 0.0750. The van der Waals surface area contributed by atoms with Crippen molar-refractivity contribution >= 4 is 23.6 Å². The molecule has 2 N–H and O–H groups in total. The molecule has 1 aromatic carbocycles. The van der Waals surface area contributed by atoms with Crippen LogP contribution in [0.4, 0.5) is 5.69 Å². The zero-order valence-corrected chi connectivity index (χ0v) is 12.3. The average molecular weight is 288 g/mol. The monoisotopic (exact) mass is 288 g/mol. The van der Waals surface area contributed by atoms with Gasteiger partial charge in [-0.1, -0.05) is 12.1 Å². The Morgan fingerprint density at radius 2 is 2.00 bits per heavy atom. The number of rotatable bonds is 4. The van der Waals surface area contributed by atoms with Gasteiger partial charge < -0.3 is 15.3 Å². The van der Waals surface area contributed by atoms with Gasteiger partial charge in [0.1, 0.15) is 0 Å². The van der Waals surface area contributed by atoms with Gasteiger partial charge in [-0.05, 0) is 37.1 Å². The van der Waals surface area contributed by atoms with E-state index in [4.69, 9.17) is 5.11 Å². The molecule has 1 aromatic rings. The number of benzene rings is 1. The Labute approximate surface area is 124 Å². The summed E-state index contributed by atoms with van der Waals surface area (Å²) in [5, 5.41) is 11.3. The van der Waals surface area contributed by atoms with Crippen molar-refractivity contribution in [2.45, 2.75) is 13.3 Å². The van der Waals surface area contributed by atoms with Crippen LogP contribution in [0.2, 0.25) is 0 Å². The molecule has 0 bridgehead atoms. The number of carboxylic acid groups (broad SMARTS) is 1. The van der Waals surface area contributed by atoms with E-state index in [1.807, 2.05) is 31.2 Å². The highest BCUT2D eigenvalue weighted by Gasteiger charge is 2.39. The lowest BCUT2D eigenvalue weighted by atomic mass is 9.89. The van der Waals surface area contributed by atoms with E-state index < -0.39 is 5.97 Å². The Morgan fingerprint density at radius 3 is 2.57 bits per heavy atom. The number of nitrogens with one attached hydrogen (secondary N) is 1. The van der Waals surface area contributed by atoms with Crippen molar-refractivity contribution in [1.29, 1.82) is 0 Å². The van der Waals surface area contributed by atoms with Crippen molar-refractivity contribution in [3.63, 3.8) is 0 Å². The zero-order chi connectivity index (χ0) is 15.5. The van der Waals surface area contributed by atoms with Gasteiger partial charge in [-0.15, -0.1) is 0 Å². The van der Waals surface area contributed by atoms with E-state index in [9.17, 15) is 9.59 Å². The number of nitrogens with zero attached hydrogens (tertiary/aromatic N) is 1. The van der Waals surface area contributed by atoms with Gasteiger partial charge in [-0.3, -0.25) is 4.79 Å². The van der Waals surface area contributed by atoms with E-state index in [-0.39, 0.29) is 11.3 Å². The van der Waals surface area contributed by atoms with Gasteiger partial charge in [0, 0.05) is 31.9 Å². The standard InChI is InChI=1S/C16H20N2O3/c1-16(15(21)17-2)9-10-18(11-16)13-6-3-12(4-7-13)5-8-14(19)20/h3-8H,9-11H2,1-2H3,(H,17,21)(H,19,20)/b8-5+. The van der Waals surface area contributed by atoms with Crippen LogP contribution in [0.25, 0.3) is 6.08 Å². The third kappa shape index (κ3) is 3.42. The summed E-state index contributed by atoms with van der Waals surface area (Å²) in [5.74, 6) is -0.883. The zero-order valence-electron chi connectivity index (χ0n) is 12.3. The first kappa shape index (κ1) is 15.1. The van der Waals surface area contributed by atoms with Crippen LogP contribution in [-0.4, -0.2) is 37.1 Å². The lowest BCUT2D eigenvalue weighted by Crippen LogP contribution is -2.39. The third-order valence-corrected chi connectivity index (χ3v) is 3.93. The number of aliphatic carboxylic acids is 1. The second kappa shape index (κ2) is 5.99. The van der Waals surface area contributed by atoms with Gasteiger partial charge in [-0.2, -0.15) is 0 Å². The van der Waals surface area contributed by atoms with Crippen molar-refractivity contribution in [3.8, 4) is 0 Å². The Hall–Kier alpha value is -2.30. The molecular formula is C16H20N2O3. The molecule has 1 unspecified atom stereocenters. The van der Waals surface area contributed by atoms with Crippen molar-refractivity contribution in [1.82, 2.24) is 5.32 Å². The highest BCUT2D eigenvalue weighted by atomic mass is 16.4. The number of hydrogen-bond donors (Lipinski definition) is 2. The van der Waals surface area contributed by atoms with Crippen LogP contribution in [0.15, 0.2) is 30.3 Å². The molecule has 2 rings (SSSR count). The molecule has 1 aliphatic heterocycles. The number of carboxylic acids is 1. The van der Waals surface area contributed by atoms with Gasteiger partial charge >= 0.3 is 5.97 Å². The third-order valence-electron chi connectivity index (χ3n) is 3.93. The predicted molar refractivity (Wildman–Crippen MR) is 82.1 cm³/mol. The van der Waals surface area contributed by atoms with Gasteiger partial charge in [0.2, 0.25) is 5.91 Å². The van der Waals surface area contributed by atoms with Crippen LogP contribution in [0.5, 0.6) is 0 Å². The minimum Gasteiger partial charge on any atom is -0.478 e. The SMILES string of the molecule is CNC(=O)C1(C)CCN(c2ccc(/C=C/C(=O)O)cc2)C1. The number of carbonyl (C=O) groups excluding carboxylic acids is 1. The maximum atomic E-state index is 11.9. The Kier molecular flexibility index (Phi) is 4.31. The average Bonchev–Trinajstić information content (AvgIpc) is 2.88. The largest absolute Gasteiger partial charge is 0.478 e. The summed E-state index contributed by atoms with van der Waals surface area (Å²) in [6.07, 6.45) is 3.51. The van der Waals surface area contributed by atoms with Crippen molar-refractivity contribution < 1.29 is 14.7 Å². The van der Waals surface area contributed by atoms with Crippen LogP contribution >= 0.6 is 0 Å². The molecule has 1 heterocycles. The predicted octanol–water partition coefficient (Wildman–Crippen LogP) is 1.75. The smallest absolute Gasteiger partial charge is 0.328 e. The Bertz CT molecular complexity index is 565. The molecule has 0 spiro atoms. The fourth-order valence-electron chi connectivity index (χ4n) is 2.63. The van der Waals surface area contributed by atoms with Gasteiger partial charge in [-0.25, -0.2) is 4.79 Å². The topological polar surface area (TPSA) is 69.6 Å².